The molecule has 7 nitrogen and oxygen atoms in total. The minimum Gasteiger partial charge on any atom is -0.271 e. The van der Waals surface area contributed by atoms with E-state index in [-0.39, 0.29) is 23.7 Å². The number of aromatic nitrogens is 3. The molecule has 0 aliphatic carbocycles. The van der Waals surface area contributed by atoms with Crippen LogP contribution in [0.25, 0.3) is 6.08 Å². The first-order valence-electron chi connectivity index (χ1n) is 8.64. The van der Waals surface area contributed by atoms with Gasteiger partial charge in [0.1, 0.15) is 24.6 Å². The Kier molecular flexibility index (Phi) is 5.20. The number of carbonyl (C=O) groups is 2. The van der Waals surface area contributed by atoms with E-state index >= 15 is 0 Å². The highest BCUT2D eigenvalue weighted by Crippen LogP contribution is 2.45. The first-order chi connectivity index (χ1) is 13.7. The second-order valence-corrected chi connectivity index (χ2v) is 7.23. The molecule has 140 valence electrons. The molecule has 1 N–H and O–H groups in total. The Morgan fingerprint density at radius 3 is 2.50 bits per heavy atom. The molecule has 0 spiro atoms. The van der Waals surface area contributed by atoms with Gasteiger partial charge in [-0.2, -0.15) is 5.10 Å². The summed E-state index contributed by atoms with van der Waals surface area (Å²) in [5.74, 6) is -0.587. The molecule has 1 saturated heterocycles. The van der Waals surface area contributed by atoms with E-state index in [9.17, 15) is 9.59 Å². The first-order valence-corrected chi connectivity index (χ1v) is 9.52. The number of hydrazine groups is 1. The van der Waals surface area contributed by atoms with Crippen molar-refractivity contribution in [3.63, 3.8) is 0 Å². The third-order valence-electron chi connectivity index (χ3n) is 4.10. The highest BCUT2D eigenvalue weighted by Gasteiger charge is 2.38. The van der Waals surface area contributed by atoms with Crippen molar-refractivity contribution in [3.8, 4) is 0 Å². The van der Waals surface area contributed by atoms with Crippen LogP contribution in [-0.4, -0.2) is 31.6 Å². The third kappa shape index (κ3) is 3.96. The first kappa shape index (κ1) is 18.0. The fraction of sp³-hybridized carbons (Fsp3) is 0.100. The number of benzene rings is 2. The molecule has 8 heteroatoms. The third-order valence-corrected chi connectivity index (χ3v) is 5.35. The van der Waals surface area contributed by atoms with E-state index in [0.717, 1.165) is 11.1 Å². The van der Waals surface area contributed by atoms with Gasteiger partial charge in [-0.15, -0.1) is 0 Å². The Bertz CT molecular complexity index is 990. The summed E-state index contributed by atoms with van der Waals surface area (Å²) >= 11 is 1.41. The van der Waals surface area contributed by atoms with E-state index in [1.807, 2.05) is 66.7 Å². The van der Waals surface area contributed by atoms with E-state index in [2.05, 4.69) is 15.5 Å². The van der Waals surface area contributed by atoms with Gasteiger partial charge in [-0.25, -0.2) is 14.7 Å². The molecule has 4 rings (SSSR count). The number of hydrogen-bond acceptors (Lipinski definition) is 5. The average molecular weight is 391 g/mol. The number of carbonyl (C=O) groups excluding carboxylic acids is 2. The van der Waals surface area contributed by atoms with Crippen LogP contribution < -0.4 is 5.43 Å². The fourth-order valence-corrected chi connectivity index (χ4v) is 4.01. The zero-order valence-electron chi connectivity index (χ0n) is 14.8. The maximum absolute atomic E-state index is 13.0. The molecule has 1 aliphatic heterocycles. The van der Waals surface area contributed by atoms with E-state index in [4.69, 9.17) is 0 Å². The van der Waals surface area contributed by atoms with Gasteiger partial charge in [-0.05, 0) is 17.2 Å². The Morgan fingerprint density at radius 2 is 1.82 bits per heavy atom. The van der Waals surface area contributed by atoms with Crippen molar-refractivity contribution in [2.75, 3.05) is 0 Å². The lowest BCUT2D eigenvalue weighted by atomic mass is 10.2. The number of thioether (sulfide) groups is 1. The molecule has 1 fully saturated rings. The van der Waals surface area contributed by atoms with Crippen LogP contribution in [0.4, 0.5) is 0 Å². The van der Waals surface area contributed by atoms with Gasteiger partial charge < -0.3 is 0 Å². The minimum absolute atomic E-state index is 0.0201. The Labute approximate surface area is 166 Å². The van der Waals surface area contributed by atoms with E-state index in [1.54, 1.807) is 0 Å². The summed E-state index contributed by atoms with van der Waals surface area (Å²) in [5, 5.41) is 4.96. The van der Waals surface area contributed by atoms with Crippen LogP contribution in [0, 0.1) is 0 Å². The van der Waals surface area contributed by atoms with Crippen LogP contribution >= 0.6 is 11.8 Å². The molecule has 1 aromatic heterocycles. The van der Waals surface area contributed by atoms with Crippen molar-refractivity contribution in [2.24, 2.45) is 0 Å². The normalized spacial score (nSPS) is 17.9. The molecule has 0 radical (unpaired) electrons. The van der Waals surface area contributed by atoms with Gasteiger partial charge in [-0.3, -0.25) is 15.0 Å². The second-order valence-electron chi connectivity index (χ2n) is 6.10. The monoisotopic (exact) mass is 391 g/mol. The number of rotatable bonds is 5. The molecular weight excluding hydrogens is 374 g/mol. The van der Waals surface area contributed by atoms with Gasteiger partial charge in [0.15, 0.2) is 0 Å². The van der Waals surface area contributed by atoms with Crippen LogP contribution in [-0.2, 0) is 16.1 Å². The zero-order chi connectivity index (χ0) is 19.3. The molecule has 28 heavy (non-hydrogen) atoms. The molecule has 2 amide bonds. The molecular formula is C20H17N5O2S. The summed E-state index contributed by atoms with van der Waals surface area (Å²) in [6, 6.07) is 19.2. The van der Waals surface area contributed by atoms with Crippen molar-refractivity contribution >= 4 is 29.7 Å². The van der Waals surface area contributed by atoms with Gasteiger partial charge >= 0.3 is 0 Å². The van der Waals surface area contributed by atoms with E-state index in [0.29, 0.717) is 4.91 Å². The van der Waals surface area contributed by atoms with Crippen molar-refractivity contribution in [3.05, 3.63) is 89.4 Å². The number of hydrogen-bond donors (Lipinski definition) is 1. The average Bonchev–Trinajstić information content (AvgIpc) is 3.33. The fourth-order valence-electron chi connectivity index (χ4n) is 2.82. The summed E-state index contributed by atoms with van der Waals surface area (Å²) in [5.41, 5.74) is 4.59. The molecule has 3 aromatic rings. The Balaban J connectivity index is 1.60. The lowest BCUT2D eigenvalue weighted by Gasteiger charge is -2.24. The minimum atomic E-state index is -0.346. The summed E-state index contributed by atoms with van der Waals surface area (Å²) < 4.78 is 1.40. The predicted octanol–water partition coefficient (Wildman–Crippen LogP) is 2.62. The van der Waals surface area contributed by atoms with Gasteiger partial charge in [0.25, 0.3) is 11.8 Å². The summed E-state index contributed by atoms with van der Waals surface area (Å²) in [6.45, 7) is -0.0201. The molecule has 1 aliphatic rings. The summed E-state index contributed by atoms with van der Waals surface area (Å²) in [4.78, 5) is 29.8. The number of nitrogens with one attached hydrogen (secondary N) is 1. The molecule has 1 unspecified atom stereocenters. The highest BCUT2D eigenvalue weighted by atomic mass is 32.2. The summed E-state index contributed by atoms with van der Waals surface area (Å²) in [6.07, 6.45) is 4.65. The van der Waals surface area contributed by atoms with Crippen LogP contribution in [0.3, 0.4) is 0 Å². The van der Waals surface area contributed by atoms with Crippen LogP contribution in [0.15, 0.2) is 78.2 Å². The van der Waals surface area contributed by atoms with Crippen LogP contribution in [0.5, 0.6) is 0 Å². The topological polar surface area (TPSA) is 80.1 Å². The van der Waals surface area contributed by atoms with E-state index in [1.165, 1.54) is 34.1 Å². The number of nitrogens with zero attached hydrogens (tertiary/aromatic N) is 4. The van der Waals surface area contributed by atoms with Crippen molar-refractivity contribution in [1.29, 1.82) is 0 Å². The molecule has 0 bridgehead atoms. The summed E-state index contributed by atoms with van der Waals surface area (Å²) in [7, 11) is 0. The predicted molar refractivity (Wildman–Crippen MR) is 106 cm³/mol. The maximum Gasteiger partial charge on any atom is 0.280 e. The largest absolute Gasteiger partial charge is 0.280 e. The van der Waals surface area contributed by atoms with Crippen LogP contribution in [0.2, 0.25) is 0 Å². The van der Waals surface area contributed by atoms with Gasteiger partial charge in [0, 0.05) is 0 Å². The molecule has 0 saturated carbocycles. The van der Waals surface area contributed by atoms with Crippen molar-refractivity contribution in [1.82, 2.24) is 25.2 Å². The quantitative estimate of drug-likeness (QED) is 0.677. The maximum atomic E-state index is 13.0. The zero-order valence-corrected chi connectivity index (χ0v) is 15.6. The van der Waals surface area contributed by atoms with Gasteiger partial charge in [0.05, 0.1) is 4.91 Å². The SMILES string of the molecule is O=C(Cn1cncn1)NN1C(=O)/C(=C/c2ccccc2)SC1c1ccccc1. The van der Waals surface area contributed by atoms with Gasteiger partial charge in [-0.1, -0.05) is 72.4 Å². The van der Waals surface area contributed by atoms with Crippen LogP contribution in [0.1, 0.15) is 16.5 Å². The highest BCUT2D eigenvalue weighted by molar-refractivity contribution is 8.04. The van der Waals surface area contributed by atoms with Crippen molar-refractivity contribution < 1.29 is 9.59 Å². The Morgan fingerprint density at radius 1 is 1.11 bits per heavy atom. The Hall–Kier alpha value is -3.39. The smallest absolute Gasteiger partial charge is 0.271 e. The second kappa shape index (κ2) is 8.10. The lowest BCUT2D eigenvalue weighted by molar-refractivity contribution is -0.138. The van der Waals surface area contributed by atoms with E-state index < -0.39 is 0 Å². The molecule has 1 atom stereocenters. The number of amides is 2. The lowest BCUT2D eigenvalue weighted by Crippen LogP contribution is -2.45. The molecule has 2 heterocycles. The van der Waals surface area contributed by atoms with Gasteiger partial charge in [0.2, 0.25) is 0 Å². The van der Waals surface area contributed by atoms with Crippen molar-refractivity contribution in [2.45, 2.75) is 11.9 Å². The molecule has 2 aromatic carbocycles. The standard InChI is InChI=1S/C20H17N5O2S/c26-18(12-24-14-21-13-22-24)23-25-19(27)17(11-15-7-3-1-4-8-15)28-20(25)16-9-5-2-6-10-16/h1-11,13-14,20H,12H2,(H,23,26)/b17-11-.